The summed E-state index contributed by atoms with van der Waals surface area (Å²) in [6.45, 7) is 0. The lowest BCUT2D eigenvalue weighted by Gasteiger charge is -2.14. The standard InChI is InChI=1S/C16H11F3O/c1-3-11-10-12(20-2)8-9-13(11)14-6-4-5-7-15(14)16(17,18)19/h1,4-10H,2H3. The maximum absolute atomic E-state index is 13.0. The Morgan fingerprint density at radius 3 is 2.35 bits per heavy atom. The number of alkyl halides is 3. The van der Waals surface area contributed by atoms with Crippen LogP contribution in [0.25, 0.3) is 11.1 Å². The minimum atomic E-state index is -4.43. The average molecular weight is 276 g/mol. The fraction of sp³-hybridized carbons (Fsp3) is 0.125. The predicted molar refractivity (Wildman–Crippen MR) is 71.4 cm³/mol. The van der Waals surface area contributed by atoms with E-state index in [-0.39, 0.29) is 5.56 Å². The summed E-state index contributed by atoms with van der Waals surface area (Å²) in [6, 6.07) is 10.0. The van der Waals surface area contributed by atoms with E-state index in [0.29, 0.717) is 16.9 Å². The van der Waals surface area contributed by atoms with Gasteiger partial charge in [0, 0.05) is 5.56 Å². The van der Waals surface area contributed by atoms with Crippen molar-refractivity contribution in [2.75, 3.05) is 7.11 Å². The van der Waals surface area contributed by atoms with E-state index in [1.807, 2.05) is 0 Å². The lowest BCUT2D eigenvalue weighted by atomic mass is 9.95. The molecule has 0 N–H and O–H groups in total. The highest BCUT2D eigenvalue weighted by Gasteiger charge is 2.33. The maximum atomic E-state index is 13.0. The number of benzene rings is 2. The second-order valence-electron chi connectivity index (χ2n) is 4.10. The summed E-state index contributed by atoms with van der Waals surface area (Å²) < 4.78 is 44.1. The highest BCUT2D eigenvalue weighted by Crippen LogP contribution is 2.38. The molecule has 0 aromatic heterocycles. The fourth-order valence-electron chi connectivity index (χ4n) is 1.97. The second-order valence-corrected chi connectivity index (χ2v) is 4.10. The van der Waals surface area contributed by atoms with E-state index in [1.165, 1.54) is 19.2 Å². The third-order valence-corrected chi connectivity index (χ3v) is 2.90. The van der Waals surface area contributed by atoms with E-state index >= 15 is 0 Å². The van der Waals surface area contributed by atoms with Crippen LogP contribution in [0, 0.1) is 12.3 Å². The van der Waals surface area contributed by atoms with Gasteiger partial charge in [0.1, 0.15) is 5.75 Å². The molecule has 0 bridgehead atoms. The molecule has 0 amide bonds. The fourth-order valence-corrected chi connectivity index (χ4v) is 1.97. The number of rotatable bonds is 2. The SMILES string of the molecule is C#Cc1cc(OC)ccc1-c1ccccc1C(F)(F)F. The zero-order valence-electron chi connectivity index (χ0n) is 10.7. The summed E-state index contributed by atoms with van der Waals surface area (Å²) in [5.41, 5.74) is 0.0829. The first-order valence-corrected chi connectivity index (χ1v) is 5.78. The summed E-state index contributed by atoms with van der Waals surface area (Å²) in [6.07, 6.45) is 0.956. The Morgan fingerprint density at radius 2 is 1.75 bits per heavy atom. The molecule has 20 heavy (non-hydrogen) atoms. The molecule has 4 heteroatoms. The highest BCUT2D eigenvalue weighted by atomic mass is 19.4. The monoisotopic (exact) mass is 276 g/mol. The number of ether oxygens (including phenoxy) is 1. The summed E-state index contributed by atoms with van der Waals surface area (Å²) in [4.78, 5) is 0. The summed E-state index contributed by atoms with van der Waals surface area (Å²) >= 11 is 0. The number of terminal acetylenes is 1. The Morgan fingerprint density at radius 1 is 1.05 bits per heavy atom. The third kappa shape index (κ3) is 2.62. The van der Waals surface area contributed by atoms with Crippen molar-refractivity contribution in [3.05, 3.63) is 53.6 Å². The van der Waals surface area contributed by atoms with Gasteiger partial charge in [-0.15, -0.1) is 6.42 Å². The maximum Gasteiger partial charge on any atom is 0.417 e. The van der Waals surface area contributed by atoms with E-state index < -0.39 is 11.7 Å². The Bertz CT molecular complexity index is 666. The van der Waals surface area contributed by atoms with Gasteiger partial charge < -0.3 is 4.74 Å². The number of hydrogen-bond acceptors (Lipinski definition) is 1. The van der Waals surface area contributed by atoms with Gasteiger partial charge in [0.2, 0.25) is 0 Å². The van der Waals surface area contributed by atoms with Gasteiger partial charge >= 0.3 is 6.18 Å². The smallest absolute Gasteiger partial charge is 0.417 e. The molecule has 0 unspecified atom stereocenters. The van der Waals surface area contributed by atoms with Crippen molar-refractivity contribution >= 4 is 0 Å². The van der Waals surface area contributed by atoms with Crippen LogP contribution < -0.4 is 4.74 Å². The van der Waals surface area contributed by atoms with Crippen LogP contribution in [0.4, 0.5) is 13.2 Å². The molecule has 2 aromatic rings. The van der Waals surface area contributed by atoms with Crippen molar-refractivity contribution in [1.82, 2.24) is 0 Å². The molecule has 1 nitrogen and oxygen atoms in total. The lowest BCUT2D eigenvalue weighted by molar-refractivity contribution is -0.137. The predicted octanol–water partition coefficient (Wildman–Crippen LogP) is 4.36. The molecule has 2 rings (SSSR count). The molecule has 102 valence electrons. The zero-order chi connectivity index (χ0) is 14.8. The van der Waals surface area contributed by atoms with Crippen molar-refractivity contribution in [2.24, 2.45) is 0 Å². The Balaban J connectivity index is 2.67. The zero-order valence-corrected chi connectivity index (χ0v) is 10.7. The molecule has 0 heterocycles. The van der Waals surface area contributed by atoms with Crippen molar-refractivity contribution in [3.63, 3.8) is 0 Å². The molecule has 0 radical (unpaired) electrons. The van der Waals surface area contributed by atoms with Crippen molar-refractivity contribution in [1.29, 1.82) is 0 Å². The van der Waals surface area contributed by atoms with Crippen LogP contribution in [0.3, 0.4) is 0 Å². The summed E-state index contributed by atoms with van der Waals surface area (Å²) in [5, 5.41) is 0. The molecule has 0 spiro atoms. The van der Waals surface area contributed by atoms with Gasteiger partial charge in [0.05, 0.1) is 12.7 Å². The molecular formula is C16H11F3O. The van der Waals surface area contributed by atoms with E-state index in [2.05, 4.69) is 5.92 Å². The van der Waals surface area contributed by atoms with E-state index in [0.717, 1.165) is 6.07 Å². The largest absolute Gasteiger partial charge is 0.497 e. The van der Waals surface area contributed by atoms with Crippen molar-refractivity contribution in [2.45, 2.75) is 6.18 Å². The molecular weight excluding hydrogens is 265 g/mol. The van der Waals surface area contributed by atoms with Crippen LogP contribution in [0.5, 0.6) is 5.75 Å². The van der Waals surface area contributed by atoms with Gasteiger partial charge in [-0.05, 0) is 35.4 Å². The first-order valence-electron chi connectivity index (χ1n) is 5.78. The highest BCUT2D eigenvalue weighted by molar-refractivity contribution is 5.75. The van der Waals surface area contributed by atoms with Gasteiger partial charge in [-0.25, -0.2) is 0 Å². The van der Waals surface area contributed by atoms with Gasteiger partial charge in [0.25, 0.3) is 0 Å². The van der Waals surface area contributed by atoms with E-state index in [1.54, 1.807) is 24.3 Å². The quantitative estimate of drug-likeness (QED) is 0.740. The topological polar surface area (TPSA) is 9.23 Å². The molecule has 0 saturated heterocycles. The Kier molecular flexibility index (Phi) is 3.71. The normalized spacial score (nSPS) is 10.9. The Labute approximate surface area is 115 Å². The number of halogens is 3. The van der Waals surface area contributed by atoms with Crippen LogP contribution in [-0.4, -0.2) is 7.11 Å². The molecule has 0 aliphatic rings. The molecule has 0 fully saturated rings. The van der Waals surface area contributed by atoms with Crippen molar-refractivity contribution < 1.29 is 17.9 Å². The lowest BCUT2D eigenvalue weighted by Crippen LogP contribution is -2.07. The summed E-state index contributed by atoms with van der Waals surface area (Å²) in [5.74, 6) is 2.91. The van der Waals surface area contributed by atoms with Gasteiger partial charge in [-0.2, -0.15) is 13.2 Å². The van der Waals surface area contributed by atoms with Crippen LogP contribution in [-0.2, 0) is 6.18 Å². The Hall–Kier alpha value is -2.41. The second kappa shape index (κ2) is 5.30. The van der Waals surface area contributed by atoms with Crippen molar-refractivity contribution in [3.8, 4) is 29.2 Å². The van der Waals surface area contributed by atoms with Gasteiger partial charge in [0.15, 0.2) is 0 Å². The molecule has 0 saturated carbocycles. The minimum absolute atomic E-state index is 0.0654. The minimum Gasteiger partial charge on any atom is -0.497 e. The molecule has 0 aliphatic carbocycles. The van der Waals surface area contributed by atoms with Crippen LogP contribution in [0.1, 0.15) is 11.1 Å². The number of methoxy groups -OCH3 is 1. The van der Waals surface area contributed by atoms with Gasteiger partial charge in [-0.3, -0.25) is 0 Å². The third-order valence-electron chi connectivity index (χ3n) is 2.90. The molecule has 2 aromatic carbocycles. The van der Waals surface area contributed by atoms with Crippen LogP contribution >= 0.6 is 0 Å². The summed E-state index contributed by atoms with van der Waals surface area (Å²) in [7, 11) is 1.47. The van der Waals surface area contributed by atoms with Crippen LogP contribution in [0.15, 0.2) is 42.5 Å². The van der Waals surface area contributed by atoms with Crippen LogP contribution in [0.2, 0.25) is 0 Å². The first-order chi connectivity index (χ1) is 9.47. The van der Waals surface area contributed by atoms with E-state index in [9.17, 15) is 13.2 Å². The molecule has 0 atom stereocenters. The number of hydrogen-bond donors (Lipinski definition) is 0. The van der Waals surface area contributed by atoms with E-state index in [4.69, 9.17) is 11.2 Å². The van der Waals surface area contributed by atoms with Gasteiger partial charge in [-0.1, -0.05) is 24.1 Å². The average Bonchev–Trinajstić information content (AvgIpc) is 2.45. The molecule has 0 aliphatic heterocycles. The first kappa shape index (κ1) is 14.0.